The van der Waals surface area contributed by atoms with E-state index >= 15 is 0 Å². The van der Waals surface area contributed by atoms with Gasteiger partial charge < -0.3 is 10.6 Å². The lowest BCUT2D eigenvalue weighted by atomic mass is 10.2. The molecule has 0 spiro atoms. The maximum absolute atomic E-state index is 12.2. The van der Waals surface area contributed by atoms with Crippen molar-refractivity contribution in [3.8, 4) is 0 Å². The highest BCUT2D eigenvalue weighted by molar-refractivity contribution is 5.87. The molecule has 1 heterocycles. The number of benzene rings is 1. The van der Waals surface area contributed by atoms with E-state index in [9.17, 15) is 9.59 Å². The van der Waals surface area contributed by atoms with E-state index < -0.39 is 6.04 Å². The number of aromatic nitrogens is 2. The topological polar surface area (TPSA) is 84.0 Å². The van der Waals surface area contributed by atoms with Crippen LogP contribution in [0.5, 0.6) is 0 Å². The molecule has 1 aromatic carbocycles. The molecule has 108 valence electrons. The summed E-state index contributed by atoms with van der Waals surface area (Å²) in [5.41, 5.74) is 0.974. The third-order valence-electron chi connectivity index (χ3n) is 2.76. The van der Waals surface area contributed by atoms with Crippen molar-refractivity contribution >= 4 is 11.8 Å². The van der Waals surface area contributed by atoms with Gasteiger partial charge in [-0.2, -0.15) is 0 Å². The monoisotopic (exact) mass is 284 g/mol. The van der Waals surface area contributed by atoms with Crippen LogP contribution in [-0.2, 0) is 16.1 Å². The predicted molar refractivity (Wildman–Crippen MR) is 76.9 cm³/mol. The Labute approximate surface area is 122 Å². The molecule has 0 fully saturated rings. The molecule has 2 amide bonds. The van der Waals surface area contributed by atoms with Crippen LogP contribution in [0.15, 0.2) is 48.8 Å². The molecular weight excluding hydrogens is 268 g/mol. The molecule has 0 saturated heterocycles. The summed E-state index contributed by atoms with van der Waals surface area (Å²) >= 11 is 0. The molecule has 0 aliphatic rings. The third-order valence-corrected chi connectivity index (χ3v) is 2.76. The Morgan fingerprint density at radius 3 is 2.38 bits per heavy atom. The van der Waals surface area contributed by atoms with E-state index in [1.807, 2.05) is 30.3 Å². The molecular formula is C15H16N4O2. The second-order valence-corrected chi connectivity index (χ2v) is 4.44. The van der Waals surface area contributed by atoms with E-state index in [0.29, 0.717) is 6.54 Å². The van der Waals surface area contributed by atoms with Gasteiger partial charge in [-0.05, 0) is 11.6 Å². The van der Waals surface area contributed by atoms with E-state index in [-0.39, 0.29) is 17.6 Å². The molecule has 1 aromatic heterocycles. The average molecular weight is 284 g/mol. The normalized spacial score (nSPS) is 11.5. The Kier molecular flexibility index (Phi) is 4.98. The third kappa shape index (κ3) is 4.38. The predicted octanol–water partition coefficient (Wildman–Crippen LogP) is 0.970. The van der Waals surface area contributed by atoms with Crippen molar-refractivity contribution in [1.82, 2.24) is 20.6 Å². The van der Waals surface area contributed by atoms with Crippen LogP contribution in [0.1, 0.15) is 24.4 Å². The molecule has 2 N–H and O–H groups in total. The number of rotatable bonds is 5. The lowest BCUT2D eigenvalue weighted by Crippen LogP contribution is -2.40. The number of nitrogens with zero attached hydrogens (tertiary/aromatic N) is 2. The summed E-state index contributed by atoms with van der Waals surface area (Å²) in [7, 11) is 0. The van der Waals surface area contributed by atoms with Crippen molar-refractivity contribution < 1.29 is 9.59 Å². The Balaban J connectivity index is 2.06. The first-order valence-corrected chi connectivity index (χ1v) is 6.52. The smallest absolute Gasteiger partial charge is 0.250 e. The highest BCUT2D eigenvalue weighted by Crippen LogP contribution is 2.07. The Hall–Kier alpha value is -2.76. The summed E-state index contributed by atoms with van der Waals surface area (Å²) in [5.74, 6) is -0.402. The minimum absolute atomic E-state index is 0.262. The van der Waals surface area contributed by atoms with Gasteiger partial charge in [-0.25, -0.2) is 9.97 Å². The van der Waals surface area contributed by atoms with Crippen molar-refractivity contribution in [2.24, 2.45) is 0 Å². The Morgan fingerprint density at radius 1 is 1.10 bits per heavy atom. The number of carbonyl (C=O) groups is 2. The van der Waals surface area contributed by atoms with E-state index in [1.54, 1.807) is 6.07 Å². The van der Waals surface area contributed by atoms with Gasteiger partial charge in [-0.1, -0.05) is 30.3 Å². The maximum atomic E-state index is 12.2. The highest BCUT2D eigenvalue weighted by atomic mass is 16.2. The van der Waals surface area contributed by atoms with Gasteiger partial charge in [-0.3, -0.25) is 9.59 Å². The van der Waals surface area contributed by atoms with Gasteiger partial charge in [0.2, 0.25) is 5.91 Å². The summed E-state index contributed by atoms with van der Waals surface area (Å²) < 4.78 is 0. The minimum atomic E-state index is -0.896. The van der Waals surface area contributed by atoms with Crippen molar-refractivity contribution in [2.75, 3.05) is 0 Å². The lowest BCUT2D eigenvalue weighted by Gasteiger charge is -2.16. The van der Waals surface area contributed by atoms with Gasteiger partial charge in [-0.15, -0.1) is 0 Å². The first kappa shape index (κ1) is 14.6. The zero-order valence-corrected chi connectivity index (χ0v) is 11.6. The van der Waals surface area contributed by atoms with Crippen LogP contribution in [0, 0.1) is 0 Å². The molecule has 0 unspecified atom stereocenters. The number of amides is 2. The van der Waals surface area contributed by atoms with Crippen molar-refractivity contribution in [1.29, 1.82) is 0 Å². The van der Waals surface area contributed by atoms with Crippen LogP contribution in [0.3, 0.4) is 0 Å². The van der Waals surface area contributed by atoms with Gasteiger partial charge in [0.05, 0.1) is 0 Å². The summed E-state index contributed by atoms with van der Waals surface area (Å²) in [6.07, 6.45) is 3.06. The average Bonchev–Trinajstić information content (AvgIpc) is 2.52. The molecule has 0 saturated carbocycles. The van der Waals surface area contributed by atoms with Crippen molar-refractivity contribution in [2.45, 2.75) is 19.5 Å². The fraction of sp³-hybridized carbons (Fsp3) is 0.200. The highest BCUT2D eigenvalue weighted by Gasteiger charge is 2.23. The van der Waals surface area contributed by atoms with Gasteiger partial charge in [0, 0.05) is 25.9 Å². The Morgan fingerprint density at radius 2 is 1.76 bits per heavy atom. The van der Waals surface area contributed by atoms with Crippen LogP contribution in [-0.4, -0.2) is 21.8 Å². The standard InChI is InChI=1S/C15H16N4O2/c1-11(20)19-13(14-16-8-5-9-17-14)15(21)18-10-12-6-3-2-4-7-12/h2-9,13H,10H2,1H3,(H,18,21)(H,19,20)/t13-/m0/s1. The molecule has 21 heavy (non-hydrogen) atoms. The number of hydrogen-bond donors (Lipinski definition) is 2. The summed E-state index contributed by atoms with van der Waals surface area (Å²) in [6.45, 7) is 1.73. The first-order valence-electron chi connectivity index (χ1n) is 6.52. The van der Waals surface area contributed by atoms with Crippen molar-refractivity contribution in [3.05, 3.63) is 60.2 Å². The molecule has 2 rings (SSSR count). The minimum Gasteiger partial charge on any atom is -0.350 e. The fourth-order valence-electron chi connectivity index (χ4n) is 1.80. The molecule has 0 aliphatic carbocycles. The van der Waals surface area contributed by atoms with E-state index in [0.717, 1.165) is 5.56 Å². The zero-order valence-electron chi connectivity index (χ0n) is 11.6. The fourth-order valence-corrected chi connectivity index (χ4v) is 1.80. The summed E-state index contributed by atoms with van der Waals surface area (Å²) in [4.78, 5) is 31.5. The van der Waals surface area contributed by atoms with Crippen LogP contribution >= 0.6 is 0 Å². The largest absolute Gasteiger partial charge is 0.350 e. The van der Waals surface area contributed by atoms with Gasteiger partial charge in [0.1, 0.15) is 0 Å². The number of nitrogens with one attached hydrogen (secondary N) is 2. The maximum Gasteiger partial charge on any atom is 0.250 e. The van der Waals surface area contributed by atoms with Crippen LogP contribution in [0.2, 0.25) is 0 Å². The number of hydrogen-bond acceptors (Lipinski definition) is 4. The number of carbonyl (C=O) groups excluding carboxylic acids is 2. The summed E-state index contributed by atoms with van der Waals surface area (Å²) in [6, 6.07) is 10.3. The molecule has 6 nitrogen and oxygen atoms in total. The lowest BCUT2D eigenvalue weighted by molar-refractivity contribution is -0.128. The van der Waals surface area contributed by atoms with E-state index in [2.05, 4.69) is 20.6 Å². The molecule has 1 atom stereocenters. The van der Waals surface area contributed by atoms with Gasteiger partial charge >= 0.3 is 0 Å². The molecule has 2 aromatic rings. The van der Waals surface area contributed by atoms with E-state index in [4.69, 9.17) is 0 Å². The van der Waals surface area contributed by atoms with Gasteiger partial charge in [0.25, 0.3) is 5.91 Å². The van der Waals surface area contributed by atoms with Crippen LogP contribution in [0.25, 0.3) is 0 Å². The van der Waals surface area contributed by atoms with Gasteiger partial charge in [0.15, 0.2) is 11.9 Å². The van der Waals surface area contributed by atoms with E-state index in [1.165, 1.54) is 19.3 Å². The molecule has 0 bridgehead atoms. The quantitative estimate of drug-likeness (QED) is 0.857. The van der Waals surface area contributed by atoms with Crippen molar-refractivity contribution in [3.63, 3.8) is 0 Å². The zero-order chi connectivity index (χ0) is 15.1. The summed E-state index contributed by atoms with van der Waals surface area (Å²) in [5, 5.41) is 5.33. The Bertz CT molecular complexity index is 602. The first-order chi connectivity index (χ1) is 10.2. The van der Waals surface area contributed by atoms with Crippen LogP contribution < -0.4 is 10.6 Å². The second kappa shape index (κ2) is 7.14. The molecule has 6 heteroatoms. The molecule has 0 aliphatic heterocycles. The SMILES string of the molecule is CC(=O)N[C@H](C(=O)NCc1ccccc1)c1ncccn1. The second-order valence-electron chi connectivity index (χ2n) is 4.44. The van der Waals surface area contributed by atoms with Crippen LogP contribution in [0.4, 0.5) is 0 Å². The molecule has 0 radical (unpaired) electrons.